The van der Waals surface area contributed by atoms with Crippen LogP contribution in [0.1, 0.15) is 37.6 Å². The highest BCUT2D eigenvalue weighted by molar-refractivity contribution is 6.33. The highest BCUT2D eigenvalue weighted by Gasteiger charge is 2.25. The van der Waals surface area contributed by atoms with Crippen molar-refractivity contribution < 1.29 is 19.5 Å². The standard InChI is InChI=1S/C17H23ClN2O4/c1-10(2)15(17(24)19-9-11(3)8-14(21)22)20-16(23)12-6-4-5-7-13(12)18/h4-7,10-11,15H,8-9H2,1-3H3,(H,19,24)(H,20,23)(H,21,22). The van der Waals surface area contributed by atoms with Gasteiger partial charge in [0.15, 0.2) is 0 Å². The first-order valence-electron chi connectivity index (χ1n) is 7.77. The minimum Gasteiger partial charge on any atom is -0.481 e. The van der Waals surface area contributed by atoms with Crippen LogP contribution in [0.2, 0.25) is 5.02 Å². The van der Waals surface area contributed by atoms with E-state index in [0.29, 0.717) is 10.6 Å². The third-order valence-corrected chi connectivity index (χ3v) is 3.83. The van der Waals surface area contributed by atoms with Crippen molar-refractivity contribution in [3.05, 3.63) is 34.9 Å². The lowest BCUT2D eigenvalue weighted by Crippen LogP contribution is -2.50. The number of aliphatic carboxylic acids is 1. The van der Waals surface area contributed by atoms with Gasteiger partial charge in [-0.25, -0.2) is 0 Å². The van der Waals surface area contributed by atoms with Crippen LogP contribution in [0.25, 0.3) is 0 Å². The first-order valence-corrected chi connectivity index (χ1v) is 8.15. The van der Waals surface area contributed by atoms with Crippen LogP contribution in [0.4, 0.5) is 0 Å². The maximum atomic E-state index is 12.3. The van der Waals surface area contributed by atoms with Gasteiger partial charge in [0, 0.05) is 13.0 Å². The minimum absolute atomic E-state index is 0.0292. The lowest BCUT2D eigenvalue weighted by molar-refractivity contribution is -0.138. The molecule has 2 atom stereocenters. The SMILES string of the molecule is CC(CNC(=O)C(NC(=O)c1ccccc1Cl)C(C)C)CC(=O)O. The monoisotopic (exact) mass is 354 g/mol. The number of carboxylic acid groups (broad SMARTS) is 1. The summed E-state index contributed by atoms with van der Waals surface area (Å²) in [5.74, 6) is -2.01. The molecule has 6 nitrogen and oxygen atoms in total. The van der Waals surface area contributed by atoms with Gasteiger partial charge in [0.05, 0.1) is 10.6 Å². The van der Waals surface area contributed by atoms with Gasteiger partial charge in [0.25, 0.3) is 5.91 Å². The second-order valence-electron chi connectivity index (χ2n) is 6.12. The summed E-state index contributed by atoms with van der Waals surface area (Å²) < 4.78 is 0. The number of amides is 2. The van der Waals surface area contributed by atoms with Gasteiger partial charge in [-0.3, -0.25) is 14.4 Å². The van der Waals surface area contributed by atoms with Gasteiger partial charge >= 0.3 is 5.97 Å². The van der Waals surface area contributed by atoms with Gasteiger partial charge in [-0.1, -0.05) is 44.5 Å². The van der Waals surface area contributed by atoms with E-state index in [-0.39, 0.29) is 30.7 Å². The molecule has 0 aliphatic rings. The maximum absolute atomic E-state index is 12.3. The van der Waals surface area contributed by atoms with E-state index in [0.717, 1.165) is 0 Å². The highest BCUT2D eigenvalue weighted by Crippen LogP contribution is 2.15. The van der Waals surface area contributed by atoms with Crippen molar-refractivity contribution in [3.8, 4) is 0 Å². The van der Waals surface area contributed by atoms with Crippen molar-refractivity contribution in [2.45, 2.75) is 33.2 Å². The van der Waals surface area contributed by atoms with Crippen LogP contribution >= 0.6 is 11.6 Å². The first kappa shape index (κ1) is 20.0. The van der Waals surface area contributed by atoms with Crippen molar-refractivity contribution in [1.82, 2.24) is 10.6 Å². The van der Waals surface area contributed by atoms with Gasteiger partial charge < -0.3 is 15.7 Å². The van der Waals surface area contributed by atoms with E-state index in [1.165, 1.54) is 0 Å². The van der Waals surface area contributed by atoms with Crippen molar-refractivity contribution >= 4 is 29.4 Å². The van der Waals surface area contributed by atoms with Crippen molar-refractivity contribution in [1.29, 1.82) is 0 Å². The van der Waals surface area contributed by atoms with Gasteiger partial charge in [-0.15, -0.1) is 0 Å². The number of nitrogens with one attached hydrogen (secondary N) is 2. The zero-order valence-electron chi connectivity index (χ0n) is 14.0. The fourth-order valence-electron chi connectivity index (χ4n) is 2.15. The molecule has 0 aromatic heterocycles. The zero-order valence-corrected chi connectivity index (χ0v) is 14.8. The van der Waals surface area contributed by atoms with E-state index in [4.69, 9.17) is 16.7 Å². The summed E-state index contributed by atoms with van der Waals surface area (Å²) in [5, 5.41) is 14.4. The molecule has 7 heteroatoms. The maximum Gasteiger partial charge on any atom is 0.303 e. The number of hydrogen-bond acceptors (Lipinski definition) is 3. The van der Waals surface area contributed by atoms with Gasteiger partial charge in [-0.2, -0.15) is 0 Å². The number of carbonyl (C=O) groups excluding carboxylic acids is 2. The lowest BCUT2D eigenvalue weighted by atomic mass is 10.0. The van der Waals surface area contributed by atoms with Crippen LogP contribution in [0.15, 0.2) is 24.3 Å². The molecule has 2 amide bonds. The molecule has 3 N–H and O–H groups in total. The van der Waals surface area contributed by atoms with Crippen LogP contribution in [-0.2, 0) is 9.59 Å². The molecule has 0 fully saturated rings. The van der Waals surface area contributed by atoms with Crippen LogP contribution in [0.3, 0.4) is 0 Å². The fraction of sp³-hybridized carbons (Fsp3) is 0.471. The molecule has 0 saturated carbocycles. The van der Waals surface area contributed by atoms with E-state index in [2.05, 4.69) is 10.6 Å². The number of halogens is 1. The Balaban J connectivity index is 2.69. The smallest absolute Gasteiger partial charge is 0.303 e. The topological polar surface area (TPSA) is 95.5 Å². The molecule has 0 heterocycles. The molecule has 132 valence electrons. The summed E-state index contributed by atoms with van der Waals surface area (Å²) in [6, 6.07) is 5.87. The van der Waals surface area contributed by atoms with Crippen molar-refractivity contribution in [2.24, 2.45) is 11.8 Å². The van der Waals surface area contributed by atoms with Crippen molar-refractivity contribution in [2.75, 3.05) is 6.54 Å². The number of carboxylic acids is 1. The predicted molar refractivity (Wildman–Crippen MR) is 92.0 cm³/mol. The second-order valence-corrected chi connectivity index (χ2v) is 6.53. The largest absolute Gasteiger partial charge is 0.481 e. The lowest BCUT2D eigenvalue weighted by Gasteiger charge is -2.23. The summed E-state index contributed by atoms with van der Waals surface area (Å²) >= 11 is 6.00. The predicted octanol–water partition coefficient (Wildman–Crippen LogP) is 2.32. The van der Waals surface area contributed by atoms with E-state index in [1.807, 2.05) is 13.8 Å². The Kier molecular flexibility index (Phi) is 7.71. The molecule has 0 saturated heterocycles. The Labute approximate surface area is 146 Å². The van der Waals surface area contributed by atoms with Crippen molar-refractivity contribution in [3.63, 3.8) is 0 Å². The van der Waals surface area contributed by atoms with Gasteiger partial charge in [0.2, 0.25) is 5.91 Å². The summed E-state index contributed by atoms with van der Waals surface area (Å²) in [6.45, 7) is 5.60. The summed E-state index contributed by atoms with van der Waals surface area (Å²) in [7, 11) is 0. The molecule has 0 aliphatic carbocycles. The summed E-state index contributed by atoms with van der Waals surface area (Å²) in [6.07, 6.45) is -0.0292. The van der Waals surface area contributed by atoms with E-state index >= 15 is 0 Å². The Hall–Kier alpha value is -2.08. The normalized spacial score (nSPS) is 13.2. The number of benzene rings is 1. The van der Waals surface area contributed by atoms with Crippen LogP contribution in [-0.4, -0.2) is 35.5 Å². The number of hydrogen-bond donors (Lipinski definition) is 3. The molecule has 1 aromatic carbocycles. The molecule has 1 aromatic rings. The molecule has 0 bridgehead atoms. The van der Waals surface area contributed by atoms with Crippen LogP contribution in [0.5, 0.6) is 0 Å². The third kappa shape index (κ3) is 6.20. The molecular weight excluding hydrogens is 332 g/mol. The average Bonchev–Trinajstić information content (AvgIpc) is 2.49. The Bertz CT molecular complexity index is 604. The Morgan fingerprint density at radius 3 is 2.33 bits per heavy atom. The zero-order chi connectivity index (χ0) is 18.3. The van der Waals surface area contributed by atoms with E-state index in [9.17, 15) is 14.4 Å². The minimum atomic E-state index is -0.913. The molecule has 0 spiro atoms. The van der Waals surface area contributed by atoms with Crippen LogP contribution < -0.4 is 10.6 Å². The van der Waals surface area contributed by atoms with E-state index in [1.54, 1.807) is 31.2 Å². The summed E-state index contributed by atoms with van der Waals surface area (Å²) in [5.41, 5.74) is 0.303. The number of carbonyl (C=O) groups is 3. The highest BCUT2D eigenvalue weighted by atomic mass is 35.5. The molecular formula is C17H23ClN2O4. The molecule has 24 heavy (non-hydrogen) atoms. The molecule has 0 radical (unpaired) electrons. The van der Waals surface area contributed by atoms with E-state index < -0.39 is 17.9 Å². The van der Waals surface area contributed by atoms with Gasteiger partial charge in [-0.05, 0) is 24.0 Å². The molecule has 0 aliphatic heterocycles. The van der Waals surface area contributed by atoms with Gasteiger partial charge in [0.1, 0.15) is 6.04 Å². The first-order chi connectivity index (χ1) is 11.2. The Morgan fingerprint density at radius 1 is 1.17 bits per heavy atom. The molecule has 2 unspecified atom stereocenters. The number of rotatable bonds is 8. The second kappa shape index (κ2) is 9.27. The molecule has 1 rings (SSSR count). The quantitative estimate of drug-likeness (QED) is 0.667. The summed E-state index contributed by atoms with van der Waals surface area (Å²) in [4.78, 5) is 35.3. The fourth-order valence-corrected chi connectivity index (χ4v) is 2.38. The Morgan fingerprint density at radius 2 is 1.79 bits per heavy atom. The third-order valence-electron chi connectivity index (χ3n) is 3.50. The average molecular weight is 355 g/mol. The van der Waals surface area contributed by atoms with Crippen LogP contribution in [0, 0.1) is 11.8 Å².